The van der Waals surface area contributed by atoms with Crippen LogP contribution in [0.4, 0.5) is 5.82 Å². The van der Waals surface area contributed by atoms with Crippen molar-refractivity contribution in [1.29, 1.82) is 0 Å². The van der Waals surface area contributed by atoms with E-state index in [9.17, 15) is 4.79 Å². The molecule has 2 aromatic heterocycles. The molecule has 0 fully saturated rings. The fourth-order valence-electron chi connectivity index (χ4n) is 4.03. The smallest absolute Gasteiger partial charge is 0.249 e. The Morgan fingerprint density at radius 2 is 2.14 bits per heavy atom. The number of fused-ring (bicyclic) bond motifs is 3. The summed E-state index contributed by atoms with van der Waals surface area (Å²) in [5.41, 5.74) is 4.99. The fourth-order valence-corrected chi connectivity index (χ4v) is 4.03. The Hall–Kier alpha value is -3.08. The summed E-state index contributed by atoms with van der Waals surface area (Å²) >= 11 is 0. The molecule has 29 heavy (non-hydrogen) atoms. The standard InChI is InChI=1S/C24H26N2O3/c1-4-28-23-16(3)24-19(17-9-5-6-10-20(17)29-24)14-18(23)15(2)13-22(27)26-21-11-7-8-12-25-21/h7-8,11-14H,4-6,9-10H2,1-3H3,(H,25,26,27)/b15-13+. The van der Waals surface area contributed by atoms with Crippen LogP contribution in [0.15, 0.2) is 41.0 Å². The molecule has 0 saturated carbocycles. The zero-order valence-corrected chi connectivity index (χ0v) is 17.2. The number of hydrogen-bond acceptors (Lipinski definition) is 4. The summed E-state index contributed by atoms with van der Waals surface area (Å²) < 4.78 is 12.2. The third kappa shape index (κ3) is 3.77. The highest BCUT2D eigenvalue weighted by Gasteiger charge is 2.23. The zero-order chi connectivity index (χ0) is 20.4. The van der Waals surface area contributed by atoms with E-state index in [2.05, 4.69) is 16.4 Å². The molecule has 3 aromatic rings. The molecule has 5 nitrogen and oxygen atoms in total. The van der Waals surface area contributed by atoms with Crippen LogP contribution < -0.4 is 10.1 Å². The lowest BCUT2D eigenvalue weighted by molar-refractivity contribution is -0.111. The first-order chi connectivity index (χ1) is 14.1. The highest BCUT2D eigenvalue weighted by Crippen LogP contribution is 2.41. The van der Waals surface area contributed by atoms with Gasteiger partial charge in [0.05, 0.1) is 6.61 Å². The van der Waals surface area contributed by atoms with E-state index in [1.807, 2.05) is 32.9 Å². The van der Waals surface area contributed by atoms with Gasteiger partial charge in [-0.05, 0) is 63.8 Å². The molecule has 4 rings (SSSR count). The van der Waals surface area contributed by atoms with Crippen molar-refractivity contribution in [2.45, 2.75) is 46.5 Å². The van der Waals surface area contributed by atoms with Gasteiger partial charge in [0.25, 0.3) is 0 Å². The van der Waals surface area contributed by atoms with Gasteiger partial charge in [0, 0.05) is 40.8 Å². The molecule has 0 aliphatic heterocycles. The molecule has 1 N–H and O–H groups in total. The Morgan fingerprint density at radius 3 is 2.90 bits per heavy atom. The van der Waals surface area contributed by atoms with Crippen molar-refractivity contribution in [3.63, 3.8) is 0 Å². The van der Waals surface area contributed by atoms with Gasteiger partial charge in [0.1, 0.15) is 22.9 Å². The second-order valence-electron chi connectivity index (χ2n) is 7.43. The number of carbonyl (C=O) groups is 1. The van der Waals surface area contributed by atoms with E-state index >= 15 is 0 Å². The van der Waals surface area contributed by atoms with E-state index in [1.54, 1.807) is 18.3 Å². The van der Waals surface area contributed by atoms with Gasteiger partial charge < -0.3 is 14.5 Å². The number of anilines is 1. The second kappa shape index (κ2) is 8.11. The molecule has 1 amide bonds. The molecule has 0 unspecified atom stereocenters. The van der Waals surface area contributed by atoms with Crippen LogP contribution in [0.3, 0.4) is 0 Å². The van der Waals surface area contributed by atoms with E-state index < -0.39 is 0 Å². The Bertz CT molecular complexity index is 1080. The normalized spacial score (nSPS) is 14.0. The van der Waals surface area contributed by atoms with Gasteiger partial charge in [-0.2, -0.15) is 0 Å². The zero-order valence-electron chi connectivity index (χ0n) is 17.2. The fraction of sp³-hybridized carbons (Fsp3) is 0.333. The Kier molecular flexibility index (Phi) is 5.38. The van der Waals surface area contributed by atoms with Gasteiger partial charge >= 0.3 is 0 Å². The topological polar surface area (TPSA) is 64.4 Å². The summed E-state index contributed by atoms with van der Waals surface area (Å²) in [5, 5.41) is 3.95. The number of hydrogen-bond donors (Lipinski definition) is 1. The van der Waals surface area contributed by atoms with Crippen molar-refractivity contribution in [2.24, 2.45) is 0 Å². The Balaban J connectivity index is 1.76. The van der Waals surface area contributed by atoms with E-state index in [1.165, 1.54) is 18.4 Å². The first-order valence-electron chi connectivity index (χ1n) is 10.2. The van der Waals surface area contributed by atoms with Gasteiger partial charge in [-0.1, -0.05) is 6.07 Å². The molecular formula is C24H26N2O3. The number of benzene rings is 1. The van der Waals surface area contributed by atoms with Gasteiger partial charge in [0.15, 0.2) is 0 Å². The summed E-state index contributed by atoms with van der Waals surface area (Å²) in [6.07, 6.45) is 7.64. The number of aromatic nitrogens is 1. The van der Waals surface area contributed by atoms with Crippen molar-refractivity contribution in [3.05, 3.63) is 59.0 Å². The summed E-state index contributed by atoms with van der Waals surface area (Å²) in [7, 11) is 0. The van der Waals surface area contributed by atoms with Crippen molar-refractivity contribution in [2.75, 3.05) is 11.9 Å². The molecule has 1 aliphatic rings. The minimum absolute atomic E-state index is 0.212. The maximum Gasteiger partial charge on any atom is 0.249 e. The minimum atomic E-state index is -0.212. The van der Waals surface area contributed by atoms with Crippen LogP contribution in [-0.4, -0.2) is 17.5 Å². The molecule has 1 aliphatic carbocycles. The maximum atomic E-state index is 12.5. The average Bonchev–Trinajstić information content (AvgIpc) is 3.09. The largest absolute Gasteiger partial charge is 0.493 e. The lowest BCUT2D eigenvalue weighted by atomic mass is 9.93. The summed E-state index contributed by atoms with van der Waals surface area (Å²) in [6.45, 7) is 6.49. The summed E-state index contributed by atoms with van der Waals surface area (Å²) in [5.74, 6) is 2.20. The van der Waals surface area contributed by atoms with Crippen LogP contribution in [-0.2, 0) is 17.6 Å². The monoisotopic (exact) mass is 390 g/mol. The summed E-state index contributed by atoms with van der Waals surface area (Å²) in [4.78, 5) is 16.7. The van der Waals surface area contributed by atoms with Gasteiger partial charge in [-0.3, -0.25) is 4.79 Å². The lowest BCUT2D eigenvalue weighted by Gasteiger charge is -2.15. The maximum absolute atomic E-state index is 12.5. The van der Waals surface area contributed by atoms with Crippen LogP contribution in [0.1, 0.15) is 49.1 Å². The molecule has 0 spiro atoms. The van der Waals surface area contributed by atoms with E-state index in [0.29, 0.717) is 12.4 Å². The van der Waals surface area contributed by atoms with Crippen LogP contribution in [0.25, 0.3) is 16.5 Å². The number of amides is 1. The molecule has 150 valence electrons. The van der Waals surface area contributed by atoms with Crippen molar-refractivity contribution >= 4 is 28.3 Å². The van der Waals surface area contributed by atoms with Crippen molar-refractivity contribution < 1.29 is 13.9 Å². The number of aryl methyl sites for hydroxylation is 3. The molecule has 0 saturated heterocycles. The highest BCUT2D eigenvalue weighted by atomic mass is 16.5. The second-order valence-corrected chi connectivity index (χ2v) is 7.43. The number of allylic oxidation sites excluding steroid dienone is 1. The molecule has 2 heterocycles. The summed E-state index contributed by atoms with van der Waals surface area (Å²) in [6, 6.07) is 7.54. The quantitative estimate of drug-likeness (QED) is 0.588. The molecule has 0 atom stereocenters. The number of nitrogens with one attached hydrogen (secondary N) is 1. The first-order valence-corrected chi connectivity index (χ1v) is 10.2. The highest BCUT2D eigenvalue weighted by molar-refractivity contribution is 6.04. The number of furan rings is 1. The van der Waals surface area contributed by atoms with Crippen LogP contribution >= 0.6 is 0 Å². The predicted octanol–water partition coefficient (Wildman–Crippen LogP) is 5.46. The Morgan fingerprint density at radius 1 is 1.31 bits per heavy atom. The predicted molar refractivity (Wildman–Crippen MR) is 115 cm³/mol. The number of carbonyl (C=O) groups excluding carboxylic acids is 1. The SMILES string of the molecule is CCOc1c(/C(C)=C/C(=O)Nc2ccccn2)cc2c3c(oc2c1C)CCCC3. The van der Waals surface area contributed by atoms with Gasteiger partial charge in [-0.25, -0.2) is 4.98 Å². The molecule has 0 bridgehead atoms. The third-order valence-corrected chi connectivity index (χ3v) is 5.40. The molecule has 5 heteroatoms. The minimum Gasteiger partial charge on any atom is -0.493 e. The molecule has 1 aromatic carbocycles. The number of ether oxygens (including phenoxy) is 1. The van der Waals surface area contributed by atoms with Crippen LogP contribution in [0.5, 0.6) is 5.75 Å². The number of pyridine rings is 1. The van der Waals surface area contributed by atoms with Crippen LogP contribution in [0, 0.1) is 6.92 Å². The third-order valence-electron chi connectivity index (χ3n) is 5.40. The molecular weight excluding hydrogens is 364 g/mol. The van der Waals surface area contributed by atoms with E-state index in [-0.39, 0.29) is 5.91 Å². The van der Waals surface area contributed by atoms with E-state index in [0.717, 1.165) is 52.0 Å². The average molecular weight is 390 g/mol. The van der Waals surface area contributed by atoms with E-state index in [4.69, 9.17) is 9.15 Å². The first kappa shape index (κ1) is 19.2. The number of nitrogens with zero attached hydrogens (tertiary/aromatic N) is 1. The van der Waals surface area contributed by atoms with Crippen molar-refractivity contribution in [1.82, 2.24) is 4.98 Å². The molecule has 0 radical (unpaired) electrons. The lowest BCUT2D eigenvalue weighted by Crippen LogP contribution is -2.10. The number of rotatable bonds is 5. The van der Waals surface area contributed by atoms with Crippen LogP contribution in [0.2, 0.25) is 0 Å². The van der Waals surface area contributed by atoms with Gasteiger partial charge in [-0.15, -0.1) is 0 Å². The Labute approximate surface area is 170 Å². The van der Waals surface area contributed by atoms with Gasteiger partial charge in [0.2, 0.25) is 5.91 Å². The van der Waals surface area contributed by atoms with Crippen molar-refractivity contribution in [3.8, 4) is 5.75 Å².